The lowest BCUT2D eigenvalue weighted by molar-refractivity contribution is -0.116. The molecule has 0 spiro atoms. The molecule has 0 bridgehead atoms. The van der Waals surface area contributed by atoms with Crippen LogP contribution < -0.4 is 5.32 Å². The van der Waals surface area contributed by atoms with Crippen LogP contribution in [0, 0.1) is 18.3 Å². The SMILES string of the molecule is Cc1nccn1CCC(=O)Nc1cccc(C#N)c1. The number of rotatable bonds is 4. The quantitative estimate of drug-likeness (QED) is 0.908. The third-order valence-electron chi connectivity index (χ3n) is 2.78. The van der Waals surface area contributed by atoms with E-state index in [1.807, 2.05) is 23.8 Å². The molecule has 5 nitrogen and oxygen atoms in total. The summed E-state index contributed by atoms with van der Waals surface area (Å²) in [6.07, 6.45) is 3.93. The lowest BCUT2D eigenvalue weighted by Gasteiger charge is -2.07. The highest BCUT2D eigenvalue weighted by Gasteiger charge is 2.04. The minimum atomic E-state index is -0.0804. The molecule has 0 saturated carbocycles. The van der Waals surface area contributed by atoms with Gasteiger partial charge in [-0.1, -0.05) is 6.07 Å². The fourth-order valence-corrected chi connectivity index (χ4v) is 1.75. The zero-order valence-corrected chi connectivity index (χ0v) is 10.6. The zero-order valence-electron chi connectivity index (χ0n) is 10.6. The first-order valence-electron chi connectivity index (χ1n) is 5.97. The first-order chi connectivity index (χ1) is 9.19. The number of nitrogens with zero attached hydrogens (tertiary/aromatic N) is 3. The summed E-state index contributed by atoms with van der Waals surface area (Å²) in [6, 6.07) is 8.90. The highest BCUT2D eigenvalue weighted by molar-refractivity contribution is 5.90. The van der Waals surface area contributed by atoms with E-state index in [4.69, 9.17) is 5.26 Å². The molecule has 0 aliphatic heterocycles. The number of nitrogens with one attached hydrogen (secondary N) is 1. The van der Waals surface area contributed by atoms with Gasteiger partial charge in [0.15, 0.2) is 0 Å². The third-order valence-corrected chi connectivity index (χ3v) is 2.78. The van der Waals surface area contributed by atoms with E-state index in [9.17, 15) is 4.79 Å². The number of carbonyl (C=O) groups excluding carboxylic acids is 1. The molecule has 1 aromatic heterocycles. The van der Waals surface area contributed by atoms with Crippen LogP contribution in [0.4, 0.5) is 5.69 Å². The molecule has 96 valence electrons. The molecule has 5 heteroatoms. The van der Waals surface area contributed by atoms with Gasteiger partial charge in [-0.15, -0.1) is 0 Å². The summed E-state index contributed by atoms with van der Waals surface area (Å²) in [5, 5.41) is 11.6. The summed E-state index contributed by atoms with van der Waals surface area (Å²) in [7, 11) is 0. The number of carbonyl (C=O) groups is 1. The number of imidazole rings is 1. The van der Waals surface area contributed by atoms with E-state index in [0.29, 0.717) is 24.2 Å². The van der Waals surface area contributed by atoms with Gasteiger partial charge in [0.25, 0.3) is 0 Å². The van der Waals surface area contributed by atoms with E-state index < -0.39 is 0 Å². The van der Waals surface area contributed by atoms with Gasteiger partial charge in [0.2, 0.25) is 5.91 Å². The van der Waals surface area contributed by atoms with E-state index >= 15 is 0 Å². The lowest BCUT2D eigenvalue weighted by atomic mass is 10.2. The van der Waals surface area contributed by atoms with Gasteiger partial charge in [0.1, 0.15) is 5.82 Å². The standard InChI is InChI=1S/C14H14N4O/c1-11-16-6-8-18(11)7-5-14(19)17-13-4-2-3-12(9-13)10-15/h2-4,6,8-9H,5,7H2,1H3,(H,17,19). The van der Waals surface area contributed by atoms with Crippen LogP contribution in [-0.2, 0) is 11.3 Å². The number of aryl methyl sites for hydroxylation is 2. The Hall–Kier alpha value is -2.61. The Kier molecular flexibility index (Phi) is 3.94. The normalized spacial score (nSPS) is 9.89. The monoisotopic (exact) mass is 254 g/mol. The number of benzene rings is 1. The third kappa shape index (κ3) is 3.42. The first-order valence-corrected chi connectivity index (χ1v) is 5.97. The molecule has 0 aliphatic carbocycles. The Morgan fingerprint density at radius 2 is 2.37 bits per heavy atom. The molecule has 1 N–H and O–H groups in total. The molecule has 0 radical (unpaired) electrons. The maximum atomic E-state index is 11.8. The van der Waals surface area contributed by atoms with E-state index in [-0.39, 0.29) is 5.91 Å². The second kappa shape index (κ2) is 5.83. The summed E-state index contributed by atoms with van der Waals surface area (Å²) in [5.74, 6) is 0.808. The fourth-order valence-electron chi connectivity index (χ4n) is 1.75. The molecule has 1 amide bonds. The van der Waals surface area contributed by atoms with E-state index in [2.05, 4.69) is 10.3 Å². The molecule has 2 aromatic rings. The maximum Gasteiger partial charge on any atom is 0.226 e. The highest BCUT2D eigenvalue weighted by atomic mass is 16.1. The second-order valence-corrected chi connectivity index (χ2v) is 4.16. The Morgan fingerprint density at radius 1 is 1.53 bits per heavy atom. The average molecular weight is 254 g/mol. The molecule has 0 aliphatic rings. The largest absolute Gasteiger partial charge is 0.335 e. The van der Waals surface area contributed by atoms with E-state index in [1.165, 1.54) is 0 Å². The van der Waals surface area contributed by atoms with Crippen molar-refractivity contribution in [2.75, 3.05) is 5.32 Å². The molecule has 0 saturated heterocycles. The van der Waals surface area contributed by atoms with Crippen LogP contribution in [0.2, 0.25) is 0 Å². The van der Waals surface area contributed by atoms with Crippen LogP contribution >= 0.6 is 0 Å². The average Bonchev–Trinajstić information content (AvgIpc) is 2.82. The van der Waals surface area contributed by atoms with Crippen molar-refractivity contribution in [3.8, 4) is 6.07 Å². The van der Waals surface area contributed by atoms with Gasteiger partial charge in [-0.2, -0.15) is 5.26 Å². The van der Waals surface area contributed by atoms with Gasteiger partial charge in [-0.05, 0) is 25.1 Å². The van der Waals surface area contributed by atoms with Crippen molar-refractivity contribution in [1.82, 2.24) is 9.55 Å². The van der Waals surface area contributed by atoms with Crippen molar-refractivity contribution in [2.24, 2.45) is 0 Å². The topological polar surface area (TPSA) is 70.7 Å². The van der Waals surface area contributed by atoms with Gasteiger partial charge in [0.05, 0.1) is 11.6 Å². The van der Waals surface area contributed by atoms with Crippen LogP contribution in [0.15, 0.2) is 36.7 Å². The predicted octanol–water partition coefficient (Wildman–Crippen LogP) is 2.09. The van der Waals surface area contributed by atoms with Gasteiger partial charge in [-0.3, -0.25) is 4.79 Å². The second-order valence-electron chi connectivity index (χ2n) is 4.16. The van der Waals surface area contributed by atoms with Crippen molar-refractivity contribution in [3.05, 3.63) is 48.0 Å². The van der Waals surface area contributed by atoms with Crippen molar-refractivity contribution >= 4 is 11.6 Å². The van der Waals surface area contributed by atoms with Crippen molar-refractivity contribution in [2.45, 2.75) is 19.9 Å². The molecule has 19 heavy (non-hydrogen) atoms. The molecule has 0 unspecified atom stereocenters. The Bertz CT molecular complexity index is 624. The molecule has 1 heterocycles. The number of aromatic nitrogens is 2. The van der Waals surface area contributed by atoms with E-state index in [0.717, 1.165) is 5.82 Å². The smallest absolute Gasteiger partial charge is 0.226 e. The van der Waals surface area contributed by atoms with Crippen LogP contribution in [0.3, 0.4) is 0 Å². The number of hydrogen-bond donors (Lipinski definition) is 1. The van der Waals surface area contributed by atoms with Crippen LogP contribution in [-0.4, -0.2) is 15.5 Å². The maximum absolute atomic E-state index is 11.8. The molecular formula is C14H14N4O. The van der Waals surface area contributed by atoms with Crippen LogP contribution in [0.25, 0.3) is 0 Å². The number of nitriles is 1. The van der Waals surface area contributed by atoms with Crippen LogP contribution in [0.5, 0.6) is 0 Å². The Balaban J connectivity index is 1.91. The van der Waals surface area contributed by atoms with Gasteiger partial charge in [0, 0.05) is 31.0 Å². The molecule has 0 atom stereocenters. The first kappa shape index (κ1) is 12.8. The minimum absolute atomic E-state index is 0.0804. The van der Waals surface area contributed by atoms with Crippen molar-refractivity contribution < 1.29 is 4.79 Å². The molecule has 1 aromatic carbocycles. The lowest BCUT2D eigenvalue weighted by Crippen LogP contribution is -2.14. The number of hydrogen-bond acceptors (Lipinski definition) is 3. The van der Waals surface area contributed by atoms with Crippen molar-refractivity contribution in [1.29, 1.82) is 5.26 Å². The summed E-state index contributed by atoms with van der Waals surface area (Å²) in [4.78, 5) is 15.9. The Labute approximate surface area is 111 Å². The predicted molar refractivity (Wildman–Crippen MR) is 71.4 cm³/mol. The summed E-state index contributed by atoms with van der Waals surface area (Å²) < 4.78 is 1.92. The molecular weight excluding hydrogens is 240 g/mol. The highest BCUT2D eigenvalue weighted by Crippen LogP contribution is 2.10. The van der Waals surface area contributed by atoms with Gasteiger partial charge < -0.3 is 9.88 Å². The summed E-state index contributed by atoms with van der Waals surface area (Å²) in [5.41, 5.74) is 1.18. The van der Waals surface area contributed by atoms with Gasteiger partial charge >= 0.3 is 0 Å². The summed E-state index contributed by atoms with van der Waals surface area (Å²) in [6.45, 7) is 2.49. The molecule has 2 rings (SSSR count). The van der Waals surface area contributed by atoms with Gasteiger partial charge in [-0.25, -0.2) is 4.98 Å². The number of amides is 1. The number of anilines is 1. The zero-order chi connectivity index (χ0) is 13.7. The minimum Gasteiger partial charge on any atom is -0.335 e. The summed E-state index contributed by atoms with van der Waals surface area (Å²) >= 11 is 0. The van der Waals surface area contributed by atoms with E-state index in [1.54, 1.807) is 30.5 Å². The van der Waals surface area contributed by atoms with Crippen LogP contribution in [0.1, 0.15) is 17.8 Å². The Morgan fingerprint density at radius 3 is 3.05 bits per heavy atom. The molecule has 0 fully saturated rings. The van der Waals surface area contributed by atoms with Crippen molar-refractivity contribution in [3.63, 3.8) is 0 Å². The fraction of sp³-hybridized carbons (Fsp3) is 0.214.